The van der Waals surface area contributed by atoms with Crippen LogP contribution in [0.25, 0.3) is 11.5 Å². The van der Waals surface area contributed by atoms with Crippen LogP contribution in [-0.4, -0.2) is 27.8 Å². The molecule has 3 rings (SSSR count). The normalized spacial score (nSPS) is 10.6. The summed E-state index contributed by atoms with van der Waals surface area (Å²) in [5.41, 5.74) is 6.73. The van der Waals surface area contributed by atoms with Gasteiger partial charge in [-0.2, -0.15) is 0 Å². The number of hydrogen-bond donors (Lipinski definition) is 2. The van der Waals surface area contributed by atoms with Gasteiger partial charge in [0.2, 0.25) is 23.6 Å². The van der Waals surface area contributed by atoms with Crippen molar-refractivity contribution in [1.29, 1.82) is 0 Å². The van der Waals surface area contributed by atoms with Crippen molar-refractivity contribution < 1.29 is 14.0 Å². The van der Waals surface area contributed by atoms with Crippen LogP contribution in [0, 0.1) is 6.92 Å². The average molecular weight is 431 g/mol. The lowest BCUT2D eigenvalue weighted by Crippen LogP contribution is -2.42. The first-order valence-corrected chi connectivity index (χ1v) is 10.2. The molecule has 0 atom stereocenters. The summed E-state index contributed by atoms with van der Waals surface area (Å²) in [5.74, 6) is 0.293. The third-order valence-electron chi connectivity index (χ3n) is 3.86. The molecule has 0 spiro atoms. The number of carbonyl (C=O) groups excluding carboxylic acids is 2. The summed E-state index contributed by atoms with van der Waals surface area (Å²) < 4.78 is 5.58. The quantitative estimate of drug-likeness (QED) is 0.439. The SMILES string of the molecule is Cc1ccc(-c2nnc(CCC(=O)NNC(=O)CSc3ccc(Cl)cc3)o2)cc1. The molecule has 2 aromatic carbocycles. The fraction of sp³-hybridized carbons (Fsp3) is 0.200. The van der Waals surface area contributed by atoms with E-state index in [1.54, 1.807) is 12.1 Å². The van der Waals surface area contributed by atoms with Gasteiger partial charge in [-0.05, 0) is 43.3 Å². The number of nitrogens with one attached hydrogen (secondary N) is 2. The Morgan fingerprint density at radius 2 is 1.69 bits per heavy atom. The monoisotopic (exact) mass is 430 g/mol. The zero-order valence-electron chi connectivity index (χ0n) is 15.6. The van der Waals surface area contributed by atoms with Crippen LogP contribution in [0.5, 0.6) is 0 Å². The number of rotatable bonds is 7. The molecule has 0 fully saturated rings. The van der Waals surface area contributed by atoms with E-state index in [1.165, 1.54) is 11.8 Å². The van der Waals surface area contributed by atoms with E-state index < -0.39 is 0 Å². The standard InChI is InChI=1S/C20H19ClN4O3S/c1-13-2-4-14(5-3-13)20-25-24-19(28-20)11-10-17(26)22-23-18(27)12-29-16-8-6-15(21)7-9-16/h2-9H,10-12H2,1H3,(H,22,26)(H,23,27). The first kappa shape index (κ1) is 20.9. The summed E-state index contributed by atoms with van der Waals surface area (Å²) in [6.07, 6.45) is 0.389. The average Bonchev–Trinajstić information content (AvgIpc) is 3.20. The minimum atomic E-state index is -0.343. The number of hydrazine groups is 1. The van der Waals surface area contributed by atoms with Gasteiger partial charge < -0.3 is 4.42 Å². The highest BCUT2D eigenvalue weighted by molar-refractivity contribution is 8.00. The third kappa shape index (κ3) is 6.62. The summed E-state index contributed by atoms with van der Waals surface area (Å²) >= 11 is 7.17. The molecule has 2 N–H and O–H groups in total. The number of aromatic nitrogens is 2. The highest BCUT2D eigenvalue weighted by Gasteiger charge is 2.11. The Labute approximate surface area is 177 Å². The molecule has 3 aromatic rings. The van der Waals surface area contributed by atoms with E-state index in [0.29, 0.717) is 16.8 Å². The number of hydrogen-bond acceptors (Lipinski definition) is 6. The molecule has 0 saturated carbocycles. The summed E-state index contributed by atoms with van der Waals surface area (Å²) in [5, 5.41) is 8.59. The van der Waals surface area contributed by atoms with Crippen LogP contribution in [0.2, 0.25) is 5.02 Å². The van der Waals surface area contributed by atoms with Crippen molar-refractivity contribution in [2.75, 3.05) is 5.75 Å². The molecule has 1 heterocycles. The van der Waals surface area contributed by atoms with Crippen molar-refractivity contribution >= 4 is 35.2 Å². The van der Waals surface area contributed by atoms with Gasteiger partial charge >= 0.3 is 0 Å². The van der Waals surface area contributed by atoms with Gasteiger partial charge in [0.15, 0.2) is 0 Å². The molecule has 0 aliphatic heterocycles. The number of thioether (sulfide) groups is 1. The van der Waals surface area contributed by atoms with Crippen molar-refractivity contribution in [3.63, 3.8) is 0 Å². The summed E-state index contributed by atoms with van der Waals surface area (Å²) in [6, 6.07) is 14.9. The van der Waals surface area contributed by atoms with E-state index in [4.69, 9.17) is 16.0 Å². The van der Waals surface area contributed by atoms with E-state index in [1.807, 2.05) is 43.3 Å². The van der Waals surface area contributed by atoms with Gasteiger partial charge in [0.05, 0.1) is 5.75 Å². The zero-order chi connectivity index (χ0) is 20.6. The number of nitrogens with zero attached hydrogens (tertiary/aromatic N) is 2. The number of carbonyl (C=O) groups is 2. The first-order valence-electron chi connectivity index (χ1n) is 8.85. The molecule has 7 nitrogen and oxygen atoms in total. The molecule has 9 heteroatoms. The van der Waals surface area contributed by atoms with Gasteiger partial charge in [-0.3, -0.25) is 20.4 Å². The van der Waals surface area contributed by atoms with Crippen LogP contribution in [0.1, 0.15) is 17.9 Å². The number of aryl methyl sites for hydroxylation is 2. The van der Waals surface area contributed by atoms with Gasteiger partial charge in [0.25, 0.3) is 0 Å². The molecule has 0 saturated heterocycles. The van der Waals surface area contributed by atoms with Gasteiger partial charge in [0.1, 0.15) is 0 Å². The lowest BCUT2D eigenvalue weighted by molar-refractivity contribution is -0.127. The van der Waals surface area contributed by atoms with Crippen LogP contribution >= 0.6 is 23.4 Å². The van der Waals surface area contributed by atoms with Crippen molar-refractivity contribution in [2.45, 2.75) is 24.7 Å². The van der Waals surface area contributed by atoms with Crippen molar-refractivity contribution in [3.05, 3.63) is 65.0 Å². The second-order valence-corrected chi connectivity index (χ2v) is 7.69. The molecule has 0 aliphatic rings. The summed E-state index contributed by atoms with van der Waals surface area (Å²) in [6.45, 7) is 2.00. The number of benzene rings is 2. The molecular weight excluding hydrogens is 412 g/mol. The Kier molecular flexibility index (Phi) is 7.26. The summed E-state index contributed by atoms with van der Waals surface area (Å²) in [7, 11) is 0. The fourth-order valence-electron chi connectivity index (χ4n) is 2.31. The second kappa shape index (κ2) is 10.1. The maximum absolute atomic E-state index is 11.9. The van der Waals surface area contributed by atoms with E-state index in [2.05, 4.69) is 21.0 Å². The Hall–Kier alpha value is -2.84. The third-order valence-corrected chi connectivity index (χ3v) is 5.12. The minimum absolute atomic E-state index is 0.111. The Morgan fingerprint density at radius 3 is 2.41 bits per heavy atom. The molecule has 0 unspecified atom stereocenters. The Morgan fingerprint density at radius 1 is 1.00 bits per heavy atom. The highest BCUT2D eigenvalue weighted by Crippen LogP contribution is 2.20. The van der Waals surface area contributed by atoms with Crippen molar-refractivity contribution in [1.82, 2.24) is 21.0 Å². The van der Waals surface area contributed by atoms with Crippen LogP contribution < -0.4 is 10.9 Å². The van der Waals surface area contributed by atoms with E-state index in [-0.39, 0.29) is 30.4 Å². The van der Waals surface area contributed by atoms with Crippen LogP contribution in [-0.2, 0) is 16.0 Å². The Balaban J connectivity index is 1.38. The molecule has 0 aliphatic carbocycles. The van der Waals surface area contributed by atoms with Gasteiger partial charge in [-0.1, -0.05) is 29.3 Å². The molecule has 2 amide bonds. The van der Waals surface area contributed by atoms with Crippen molar-refractivity contribution in [2.24, 2.45) is 0 Å². The largest absolute Gasteiger partial charge is 0.421 e. The predicted molar refractivity (Wildman–Crippen MR) is 111 cm³/mol. The highest BCUT2D eigenvalue weighted by atomic mass is 35.5. The lowest BCUT2D eigenvalue weighted by Gasteiger charge is -2.06. The smallest absolute Gasteiger partial charge is 0.248 e. The van der Waals surface area contributed by atoms with Crippen LogP contribution in [0.4, 0.5) is 0 Å². The zero-order valence-corrected chi connectivity index (χ0v) is 17.2. The molecule has 0 bridgehead atoms. The molecular formula is C20H19ClN4O3S. The minimum Gasteiger partial charge on any atom is -0.421 e. The maximum atomic E-state index is 11.9. The Bertz CT molecular complexity index is 974. The van der Waals surface area contributed by atoms with Gasteiger partial charge in [0, 0.05) is 28.3 Å². The molecule has 0 radical (unpaired) electrons. The number of halogens is 1. The fourth-order valence-corrected chi connectivity index (χ4v) is 3.13. The predicted octanol–water partition coefficient (Wildman–Crippen LogP) is 3.57. The molecule has 1 aromatic heterocycles. The van der Waals surface area contributed by atoms with Gasteiger partial charge in [-0.15, -0.1) is 22.0 Å². The van der Waals surface area contributed by atoms with Crippen LogP contribution in [0.3, 0.4) is 0 Å². The van der Waals surface area contributed by atoms with Gasteiger partial charge in [-0.25, -0.2) is 0 Å². The second-order valence-electron chi connectivity index (χ2n) is 6.21. The van der Waals surface area contributed by atoms with E-state index in [0.717, 1.165) is 16.0 Å². The van der Waals surface area contributed by atoms with E-state index >= 15 is 0 Å². The van der Waals surface area contributed by atoms with E-state index in [9.17, 15) is 9.59 Å². The topological polar surface area (TPSA) is 97.1 Å². The molecule has 29 heavy (non-hydrogen) atoms. The van der Waals surface area contributed by atoms with Crippen LogP contribution in [0.15, 0.2) is 57.8 Å². The maximum Gasteiger partial charge on any atom is 0.248 e. The lowest BCUT2D eigenvalue weighted by atomic mass is 10.1. The number of amides is 2. The molecule has 150 valence electrons. The summed E-state index contributed by atoms with van der Waals surface area (Å²) in [4.78, 5) is 24.7. The van der Waals surface area contributed by atoms with Crippen molar-refractivity contribution in [3.8, 4) is 11.5 Å². The first-order chi connectivity index (χ1) is 14.0.